The van der Waals surface area contributed by atoms with Crippen molar-refractivity contribution >= 4 is 0 Å². The smallest absolute Gasteiger partial charge is 0.123 e. The summed E-state index contributed by atoms with van der Waals surface area (Å²) < 4.78 is 7.59. The second-order valence-electron chi connectivity index (χ2n) is 5.24. The number of methoxy groups -OCH3 is 1. The Morgan fingerprint density at radius 3 is 2.81 bits per heavy atom. The molecule has 0 aliphatic rings. The van der Waals surface area contributed by atoms with Crippen LogP contribution in [0, 0.1) is 0 Å². The van der Waals surface area contributed by atoms with Gasteiger partial charge in [-0.25, -0.2) is 4.98 Å². The number of nitrogens with zero attached hydrogens (tertiary/aromatic N) is 2. The van der Waals surface area contributed by atoms with Gasteiger partial charge in [0.25, 0.3) is 0 Å². The number of hydrogen-bond acceptors (Lipinski definition) is 3. The van der Waals surface area contributed by atoms with E-state index in [0.29, 0.717) is 0 Å². The van der Waals surface area contributed by atoms with Crippen LogP contribution in [0.3, 0.4) is 0 Å². The van der Waals surface area contributed by atoms with Gasteiger partial charge in [0.15, 0.2) is 0 Å². The summed E-state index contributed by atoms with van der Waals surface area (Å²) in [5, 5.41) is 3.63. The second-order valence-corrected chi connectivity index (χ2v) is 5.24. The average molecular weight is 287 g/mol. The molecule has 0 bridgehead atoms. The molecule has 1 aromatic carbocycles. The van der Waals surface area contributed by atoms with Crippen LogP contribution in [0.25, 0.3) is 0 Å². The summed E-state index contributed by atoms with van der Waals surface area (Å²) in [5.74, 6) is 2.07. The molecule has 1 aromatic heterocycles. The zero-order valence-corrected chi connectivity index (χ0v) is 13.2. The molecular weight excluding hydrogens is 262 g/mol. The maximum atomic E-state index is 5.51. The van der Waals surface area contributed by atoms with Crippen molar-refractivity contribution < 1.29 is 4.74 Å². The molecule has 1 atom stereocenters. The highest BCUT2D eigenvalue weighted by Gasteiger charge is 2.16. The minimum absolute atomic E-state index is 0.290. The number of benzene rings is 1. The van der Waals surface area contributed by atoms with E-state index in [4.69, 9.17) is 4.74 Å². The standard InChI is InChI=1S/C17H25N3O/c1-4-11-18-15(9-10-17-19-12-13-20(17)2)14-7-5-6-8-16(14)21-3/h5-8,12-13,15,18H,4,9-11H2,1-3H3. The Hall–Kier alpha value is -1.81. The van der Waals surface area contributed by atoms with Crippen LogP contribution >= 0.6 is 0 Å². The summed E-state index contributed by atoms with van der Waals surface area (Å²) in [5.41, 5.74) is 1.22. The quantitative estimate of drug-likeness (QED) is 0.811. The third kappa shape index (κ3) is 4.08. The van der Waals surface area contributed by atoms with E-state index in [1.807, 2.05) is 31.6 Å². The molecule has 0 radical (unpaired) electrons. The van der Waals surface area contributed by atoms with Crippen molar-refractivity contribution in [1.29, 1.82) is 0 Å². The Balaban J connectivity index is 2.12. The van der Waals surface area contributed by atoms with E-state index in [-0.39, 0.29) is 6.04 Å². The number of nitrogens with one attached hydrogen (secondary N) is 1. The van der Waals surface area contributed by atoms with Crippen LogP contribution in [-0.2, 0) is 13.5 Å². The first kappa shape index (κ1) is 15.6. The van der Waals surface area contributed by atoms with Gasteiger partial charge in [-0.2, -0.15) is 0 Å². The SMILES string of the molecule is CCCNC(CCc1nccn1C)c1ccccc1OC. The fourth-order valence-corrected chi connectivity index (χ4v) is 2.55. The van der Waals surface area contributed by atoms with Crippen LogP contribution in [0.5, 0.6) is 5.75 Å². The van der Waals surface area contributed by atoms with E-state index in [1.54, 1.807) is 7.11 Å². The van der Waals surface area contributed by atoms with Crippen LogP contribution < -0.4 is 10.1 Å². The molecule has 1 heterocycles. The third-order valence-electron chi connectivity index (χ3n) is 3.73. The van der Waals surface area contributed by atoms with Crippen molar-refractivity contribution in [3.63, 3.8) is 0 Å². The number of imidazole rings is 1. The van der Waals surface area contributed by atoms with E-state index >= 15 is 0 Å². The van der Waals surface area contributed by atoms with Gasteiger partial charge in [-0.1, -0.05) is 25.1 Å². The second kappa shape index (κ2) is 7.84. The van der Waals surface area contributed by atoms with Crippen molar-refractivity contribution in [3.8, 4) is 5.75 Å². The number of hydrogen-bond donors (Lipinski definition) is 1. The van der Waals surface area contributed by atoms with Crippen LogP contribution in [0.1, 0.15) is 37.2 Å². The molecule has 0 saturated heterocycles. The molecule has 0 saturated carbocycles. The summed E-state index contributed by atoms with van der Waals surface area (Å²) in [6.07, 6.45) is 6.92. The molecule has 1 N–H and O–H groups in total. The molecule has 0 fully saturated rings. The van der Waals surface area contributed by atoms with Gasteiger partial charge in [-0.05, 0) is 25.5 Å². The number of ether oxygens (including phenoxy) is 1. The fraction of sp³-hybridized carbons (Fsp3) is 0.471. The normalized spacial score (nSPS) is 12.3. The molecule has 2 aromatic rings. The minimum Gasteiger partial charge on any atom is -0.496 e. The third-order valence-corrected chi connectivity index (χ3v) is 3.73. The van der Waals surface area contributed by atoms with Gasteiger partial charge < -0.3 is 14.6 Å². The van der Waals surface area contributed by atoms with Gasteiger partial charge in [-0.3, -0.25) is 0 Å². The van der Waals surface area contributed by atoms with Crippen molar-refractivity contribution in [2.45, 2.75) is 32.2 Å². The van der Waals surface area contributed by atoms with E-state index in [2.05, 4.69) is 33.9 Å². The molecule has 0 spiro atoms. The number of rotatable bonds is 8. The summed E-state index contributed by atoms with van der Waals surface area (Å²) in [6.45, 7) is 3.19. The summed E-state index contributed by atoms with van der Waals surface area (Å²) in [4.78, 5) is 4.41. The van der Waals surface area contributed by atoms with Crippen LogP contribution in [0.4, 0.5) is 0 Å². The van der Waals surface area contributed by atoms with Gasteiger partial charge in [0.1, 0.15) is 11.6 Å². The van der Waals surface area contributed by atoms with Crippen molar-refractivity contribution in [3.05, 3.63) is 48.0 Å². The highest BCUT2D eigenvalue weighted by Crippen LogP contribution is 2.27. The first-order valence-electron chi connectivity index (χ1n) is 7.58. The topological polar surface area (TPSA) is 39.1 Å². The molecule has 4 nitrogen and oxygen atoms in total. The Kier molecular flexibility index (Phi) is 5.81. The van der Waals surface area contributed by atoms with E-state index in [9.17, 15) is 0 Å². The molecule has 1 unspecified atom stereocenters. The predicted octanol–water partition coefficient (Wildman–Crippen LogP) is 3.10. The predicted molar refractivity (Wildman–Crippen MR) is 85.6 cm³/mol. The zero-order chi connectivity index (χ0) is 15.1. The Morgan fingerprint density at radius 1 is 1.33 bits per heavy atom. The highest BCUT2D eigenvalue weighted by atomic mass is 16.5. The molecule has 21 heavy (non-hydrogen) atoms. The molecule has 0 aliphatic carbocycles. The molecular formula is C17H25N3O. The molecule has 2 rings (SSSR count). The van der Waals surface area contributed by atoms with E-state index in [1.165, 1.54) is 5.56 Å². The molecule has 114 valence electrons. The average Bonchev–Trinajstić information content (AvgIpc) is 2.93. The minimum atomic E-state index is 0.290. The van der Waals surface area contributed by atoms with Crippen LogP contribution in [-0.4, -0.2) is 23.2 Å². The molecule has 0 aliphatic heterocycles. The van der Waals surface area contributed by atoms with Crippen LogP contribution in [0.15, 0.2) is 36.7 Å². The maximum absolute atomic E-state index is 5.51. The lowest BCUT2D eigenvalue weighted by Crippen LogP contribution is -2.23. The van der Waals surface area contributed by atoms with Gasteiger partial charge in [0.2, 0.25) is 0 Å². The number of para-hydroxylation sites is 1. The monoisotopic (exact) mass is 287 g/mol. The van der Waals surface area contributed by atoms with Crippen molar-refractivity contribution in [1.82, 2.24) is 14.9 Å². The maximum Gasteiger partial charge on any atom is 0.123 e. The van der Waals surface area contributed by atoms with Gasteiger partial charge in [0, 0.05) is 37.5 Å². The largest absolute Gasteiger partial charge is 0.496 e. The van der Waals surface area contributed by atoms with E-state index < -0.39 is 0 Å². The van der Waals surface area contributed by atoms with E-state index in [0.717, 1.165) is 37.4 Å². The Labute approximate surface area is 127 Å². The van der Waals surface area contributed by atoms with Crippen molar-refractivity contribution in [2.24, 2.45) is 7.05 Å². The Morgan fingerprint density at radius 2 is 2.14 bits per heavy atom. The summed E-state index contributed by atoms with van der Waals surface area (Å²) in [6, 6.07) is 8.54. The van der Waals surface area contributed by atoms with Gasteiger partial charge in [0.05, 0.1) is 7.11 Å². The lowest BCUT2D eigenvalue weighted by Gasteiger charge is -2.21. The molecule has 0 amide bonds. The van der Waals surface area contributed by atoms with Crippen molar-refractivity contribution in [2.75, 3.05) is 13.7 Å². The Bertz CT molecular complexity index is 550. The van der Waals surface area contributed by atoms with Gasteiger partial charge >= 0.3 is 0 Å². The summed E-state index contributed by atoms with van der Waals surface area (Å²) in [7, 11) is 3.77. The number of aryl methyl sites for hydroxylation is 2. The fourth-order valence-electron chi connectivity index (χ4n) is 2.55. The lowest BCUT2D eigenvalue weighted by atomic mass is 10.0. The first-order valence-corrected chi connectivity index (χ1v) is 7.58. The van der Waals surface area contributed by atoms with Crippen LogP contribution in [0.2, 0.25) is 0 Å². The summed E-state index contributed by atoms with van der Waals surface area (Å²) >= 11 is 0. The lowest BCUT2D eigenvalue weighted by molar-refractivity contribution is 0.394. The zero-order valence-electron chi connectivity index (χ0n) is 13.2. The molecule has 4 heteroatoms. The first-order chi connectivity index (χ1) is 10.3. The highest BCUT2D eigenvalue weighted by molar-refractivity contribution is 5.35. The van der Waals surface area contributed by atoms with Gasteiger partial charge in [-0.15, -0.1) is 0 Å². The number of aromatic nitrogens is 2.